The number of carbonyl (C=O) groups excluding carboxylic acids is 1. The number of amides is 1. The van der Waals surface area contributed by atoms with Crippen LogP contribution < -0.4 is 14.8 Å². The van der Waals surface area contributed by atoms with E-state index in [0.717, 1.165) is 22.4 Å². The molecule has 0 spiro atoms. The molecule has 0 aliphatic carbocycles. The van der Waals surface area contributed by atoms with E-state index in [9.17, 15) is 13.2 Å². The van der Waals surface area contributed by atoms with Gasteiger partial charge in [-0.3, -0.25) is 4.79 Å². The maximum absolute atomic E-state index is 12.2. The van der Waals surface area contributed by atoms with E-state index in [1.54, 1.807) is 24.3 Å². The number of aryl methyl sites for hydroxylation is 1. The topological polar surface area (TPSA) is 84.5 Å². The van der Waals surface area contributed by atoms with Gasteiger partial charge in [-0.25, -0.2) is 13.1 Å². The Kier molecular flexibility index (Phi) is 7.81. The molecule has 0 heterocycles. The summed E-state index contributed by atoms with van der Waals surface area (Å²) in [4.78, 5) is 12.4. The van der Waals surface area contributed by atoms with E-state index in [4.69, 9.17) is 4.74 Å². The summed E-state index contributed by atoms with van der Waals surface area (Å²) in [5, 5.41) is 2.91. The van der Waals surface area contributed by atoms with Crippen molar-refractivity contribution in [2.24, 2.45) is 0 Å². The van der Waals surface area contributed by atoms with Crippen LogP contribution in [0.25, 0.3) is 0 Å². The van der Waals surface area contributed by atoms with Crippen LogP contribution in [0.5, 0.6) is 5.75 Å². The third-order valence-electron chi connectivity index (χ3n) is 4.78. The normalized spacial score (nSPS) is 11.1. The molecule has 3 aromatic rings. The van der Waals surface area contributed by atoms with Gasteiger partial charge in [-0.1, -0.05) is 54.6 Å². The quantitative estimate of drug-likeness (QED) is 0.508. The van der Waals surface area contributed by atoms with Gasteiger partial charge in [0.25, 0.3) is 0 Å². The molecule has 7 heteroatoms. The number of ether oxygens (including phenoxy) is 1. The van der Waals surface area contributed by atoms with Gasteiger partial charge >= 0.3 is 0 Å². The summed E-state index contributed by atoms with van der Waals surface area (Å²) in [6, 6.07) is 24.1. The van der Waals surface area contributed by atoms with Crippen LogP contribution >= 0.6 is 0 Å². The molecule has 162 valence electrons. The van der Waals surface area contributed by atoms with Crippen molar-refractivity contribution in [1.29, 1.82) is 0 Å². The molecule has 0 aliphatic heterocycles. The Morgan fingerprint density at radius 2 is 1.58 bits per heavy atom. The van der Waals surface area contributed by atoms with Crippen molar-refractivity contribution in [2.75, 3.05) is 7.05 Å². The van der Waals surface area contributed by atoms with Gasteiger partial charge in [0.1, 0.15) is 12.4 Å². The van der Waals surface area contributed by atoms with Crippen LogP contribution in [-0.2, 0) is 34.4 Å². The number of sulfonamides is 1. The zero-order chi connectivity index (χ0) is 22.1. The number of hydrogen-bond donors (Lipinski definition) is 2. The summed E-state index contributed by atoms with van der Waals surface area (Å²) in [7, 11) is -2.07. The van der Waals surface area contributed by atoms with Crippen LogP contribution in [0.1, 0.15) is 23.1 Å². The molecule has 0 bridgehead atoms. The van der Waals surface area contributed by atoms with Gasteiger partial charge in [0.05, 0.1) is 4.90 Å². The lowest BCUT2D eigenvalue weighted by Crippen LogP contribution is -2.23. The molecule has 0 saturated carbocycles. The van der Waals surface area contributed by atoms with E-state index >= 15 is 0 Å². The van der Waals surface area contributed by atoms with Crippen molar-refractivity contribution in [3.63, 3.8) is 0 Å². The lowest BCUT2D eigenvalue weighted by molar-refractivity contribution is -0.121. The zero-order valence-electron chi connectivity index (χ0n) is 17.4. The molecule has 3 aromatic carbocycles. The molecule has 0 unspecified atom stereocenters. The van der Waals surface area contributed by atoms with Crippen LogP contribution in [0.4, 0.5) is 0 Å². The largest absolute Gasteiger partial charge is 0.489 e. The number of hydrogen-bond acceptors (Lipinski definition) is 4. The molecule has 1 amide bonds. The minimum absolute atomic E-state index is 0.0671. The number of rotatable bonds is 10. The lowest BCUT2D eigenvalue weighted by Gasteiger charge is -2.09. The fourth-order valence-corrected chi connectivity index (χ4v) is 3.72. The fourth-order valence-electron chi connectivity index (χ4n) is 2.99. The van der Waals surface area contributed by atoms with Crippen molar-refractivity contribution >= 4 is 15.9 Å². The molecule has 0 saturated heterocycles. The van der Waals surface area contributed by atoms with Gasteiger partial charge in [-0.05, 0) is 54.4 Å². The maximum atomic E-state index is 12.2. The molecule has 3 rings (SSSR count). The Labute approximate surface area is 183 Å². The van der Waals surface area contributed by atoms with E-state index in [1.807, 2.05) is 54.6 Å². The minimum Gasteiger partial charge on any atom is -0.489 e. The molecular weight excluding hydrogens is 412 g/mol. The van der Waals surface area contributed by atoms with E-state index in [2.05, 4.69) is 10.0 Å². The number of nitrogens with one attached hydrogen (secondary N) is 2. The number of carbonyl (C=O) groups is 1. The second-order valence-electron chi connectivity index (χ2n) is 7.05. The van der Waals surface area contributed by atoms with Crippen LogP contribution in [0, 0.1) is 0 Å². The second kappa shape index (κ2) is 10.7. The Morgan fingerprint density at radius 3 is 2.29 bits per heavy atom. The lowest BCUT2D eigenvalue weighted by atomic mass is 10.1. The summed E-state index contributed by atoms with van der Waals surface area (Å²) in [6.45, 7) is 0.909. The monoisotopic (exact) mass is 438 g/mol. The standard InChI is InChI=1S/C24H26N2O4S/c1-25-31(28,29)23-13-10-19(11-14-23)12-15-24(27)26-17-21-8-5-9-22(16-21)30-18-20-6-3-2-4-7-20/h2-11,13-14,16,25H,12,15,17-18H2,1H3,(H,26,27). The first-order valence-corrected chi connectivity index (χ1v) is 11.5. The predicted octanol–water partition coefficient (Wildman–Crippen LogP) is 3.42. The summed E-state index contributed by atoms with van der Waals surface area (Å²) in [6.07, 6.45) is 0.855. The van der Waals surface area contributed by atoms with Gasteiger partial charge < -0.3 is 10.1 Å². The Balaban J connectivity index is 1.45. The van der Waals surface area contributed by atoms with Gasteiger partial charge in [0.15, 0.2) is 0 Å². The third-order valence-corrected chi connectivity index (χ3v) is 6.21. The Morgan fingerprint density at radius 1 is 0.871 bits per heavy atom. The number of benzene rings is 3. The highest BCUT2D eigenvalue weighted by atomic mass is 32.2. The molecule has 0 atom stereocenters. The summed E-state index contributed by atoms with van der Waals surface area (Å²) in [5.41, 5.74) is 2.96. The molecule has 31 heavy (non-hydrogen) atoms. The van der Waals surface area contributed by atoms with E-state index in [0.29, 0.717) is 26.0 Å². The van der Waals surface area contributed by atoms with Crippen LogP contribution in [-0.4, -0.2) is 21.4 Å². The maximum Gasteiger partial charge on any atom is 0.240 e. The van der Waals surface area contributed by atoms with Crippen molar-refractivity contribution < 1.29 is 17.9 Å². The average molecular weight is 439 g/mol. The molecule has 2 N–H and O–H groups in total. The highest BCUT2D eigenvalue weighted by Crippen LogP contribution is 2.15. The predicted molar refractivity (Wildman–Crippen MR) is 120 cm³/mol. The van der Waals surface area contributed by atoms with Gasteiger partial charge in [-0.2, -0.15) is 0 Å². The summed E-state index contributed by atoms with van der Waals surface area (Å²) < 4.78 is 31.6. The zero-order valence-corrected chi connectivity index (χ0v) is 18.2. The summed E-state index contributed by atoms with van der Waals surface area (Å²) in [5.74, 6) is 0.690. The molecule has 0 fully saturated rings. The summed E-state index contributed by atoms with van der Waals surface area (Å²) >= 11 is 0. The molecule has 6 nitrogen and oxygen atoms in total. The van der Waals surface area contributed by atoms with Crippen molar-refractivity contribution in [2.45, 2.75) is 30.9 Å². The first kappa shape index (κ1) is 22.5. The average Bonchev–Trinajstić information content (AvgIpc) is 2.81. The molecule has 0 aliphatic rings. The molecular formula is C24H26N2O4S. The second-order valence-corrected chi connectivity index (χ2v) is 8.94. The first-order valence-electron chi connectivity index (χ1n) is 10.0. The smallest absolute Gasteiger partial charge is 0.240 e. The SMILES string of the molecule is CNS(=O)(=O)c1ccc(CCC(=O)NCc2cccc(OCc3ccccc3)c2)cc1. The van der Waals surface area contributed by atoms with Crippen molar-refractivity contribution in [1.82, 2.24) is 10.0 Å². The molecule has 0 aromatic heterocycles. The van der Waals surface area contributed by atoms with Gasteiger partial charge in [-0.15, -0.1) is 0 Å². The van der Waals surface area contributed by atoms with E-state index < -0.39 is 10.0 Å². The van der Waals surface area contributed by atoms with E-state index in [1.165, 1.54) is 7.05 Å². The first-order chi connectivity index (χ1) is 15.0. The highest BCUT2D eigenvalue weighted by Gasteiger charge is 2.11. The van der Waals surface area contributed by atoms with Crippen molar-refractivity contribution in [3.8, 4) is 5.75 Å². The molecule has 0 radical (unpaired) electrons. The van der Waals surface area contributed by atoms with Gasteiger partial charge in [0, 0.05) is 13.0 Å². The third kappa shape index (κ3) is 6.94. The van der Waals surface area contributed by atoms with Crippen LogP contribution in [0.2, 0.25) is 0 Å². The van der Waals surface area contributed by atoms with Crippen molar-refractivity contribution in [3.05, 3.63) is 95.6 Å². The van der Waals surface area contributed by atoms with Gasteiger partial charge in [0.2, 0.25) is 15.9 Å². The van der Waals surface area contributed by atoms with Crippen LogP contribution in [0.3, 0.4) is 0 Å². The Bertz CT molecular complexity index is 1100. The van der Waals surface area contributed by atoms with E-state index in [-0.39, 0.29) is 10.8 Å². The highest BCUT2D eigenvalue weighted by molar-refractivity contribution is 7.89. The van der Waals surface area contributed by atoms with Crippen LogP contribution in [0.15, 0.2) is 83.8 Å². The minimum atomic E-state index is -3.45. The fraction of sp³-hybridized carbons (Fsp3) is 0.208. The Hall–Kier alpha value is -3.16.